The molecule has 25 heavy (non-hydrogen) atoms. The first-order chi connectivity index (χ1) is 12.3. The van der Waals surface area contributed by atoms with Gasteiger partial charge in [-0.05, 0) is 36.2 Å². The number of rotatable bonds is 5. The molecule has 0 aliphatic carbocycles. The van der Waals surface area contributed by atoms with Crippen LogP contribution in [-0.2, 0) is 16.1 Å². The van der Waals surface area contributed by atoms with Crippen LogP contribution >= 0.6 is 0 Å². The summed E-state index contributed by atoms with van der Waals surface area (Å²) in [5.41, 5.74) is 1.50. The molecule has 2 aromatic rings. The highest BCUT2D eigenvalue weighted by Gasteiger charge is 2.54. The Balaban J connectivity index is 1.31. The Kier molecular flexibility index (Phi) is 4.46. The molecule has 6 nitrogen and oxygen atoms in total. The highest BCUT2D eigenvalue weighted by atomic mass is 16.5. The summed E-state index contributed by atoms with van der Waals surface area (Å²) in [6, 6.07) is 7.49. The van der Waals surface area contributed by atoms with Crippen molar-refractivity contribution in [3.05, 3.63) is 60.2 Å². The smallest absolute Gasteiger partial charge is 0.255 e. The zero-order valence-electron chi connectivity index (χ0n) is 14.0. The lowest BCUT2D eigenvalue weighted by atomic mass is 9.81. The molecule has 1 atom stereocenters. The number of aromatic nitrogens is 2. The van der Waals surface area contributed by atoms with Crippen molar-refractivity contribution in [1.29, 1.82) is 0 Å². The third-order valence-corrected chi connectivity index (χ3v) is 5.05. The van der Waals surface area contributed by atoms with Gasteiger partial charge in [-0.25, -0.2) is 0 Å². The molecule has 0 saturated carbocycles. The fraction of sp³-hybridized carbons (Fsp3) is 0.421. The zero-order chi connectivity index (χ0) is 17.1. The second kappa shape index (κ2) is 6.90. The Morgan fingerprint density at radius 1 is 1.24 bits per heavy atom. The van der Waals surface area contributed by atoms with E-state index in [1.165, 1.54) is 0 Å². The number of pyridine rings is 2. The van der Waals surface area contributed by atoms with E-state index in [0.717, 1.165) is 18.6 Å². The fourth-order valence-corrected chi connectivity index (χ4v) is 3.58. The molecular weight excluding hydrogens is 318 g/mol. The molecule has 4 rings (SSSR count). The minimum absolute atomic E-state index is 0.0191. The van der Waals surface area contributed by atoms with Crippen LogP contribution in [0.25, 0.3) is 0 Å². The number of nitrogens with zero attached hydrogens (tertiary/aromatic N) is 3. The van der Waals surface area contributed by atoms with Gasteiger partial charge in [0.1, 0.15) is 5.60 Å². The molecule has 6 heteroatoms. The summed E-state index contributed by atoms with van der Waals surface area (Å²) in [6.07, 6.45) is 7.80. The van der Waals surface area contributed by atoms with Crippen molar-refractivity contribution < 1.29 is 14.3 Å². The summed E-state index contributed by atoms with van der Waals surface area (Å²) in [5.74, 6) is 0.345. The van der Waals surface area contributed by atoms with Crippen LogP contribution in [0.2, 0.25) is 0 Å². The Morgan fingerprint density at radius 3 is 2.84 bits per heavy atom. The summed E-state index contributed by atoms with van der Waals surface area (Å²) in [4.78, 5) is 22.3. The molecule has 1 spiro atoms. The molecule has 2 saturated heterocycles. The maximum absolute atomic E-state index is 12.5. The number of ether oxygens (including phenoxy) is 2. The molecule has 0 unspecified atom stereocenters. The molecule has 0 aromatic carbocycles. The lowest BCUT2D eigenvalue weighted by Crippen LogP contribution is -2.66. The number of carbonyl (C=O) groups is 1. The second-order valence-electron chi connectivity index (χ2n) is 6.67. The minimum Gasteiger partial charge on any atom is -0.376 e. The van der Waals surface area contributed by atoms with Crippen LogP contribution in [0.1, 0.15) is 22.3 Å². The van der Waals surface area contributed by atoms with E-state index in [9.17, 15) is 4.79 Å². The van der Waals surface area contributed by atoms with Crippen molar-refractivity contribution in [2.45, 2.75) is 18.6 Å². The van der Waals surface area contributed by atoms with Crippen LogP contribution in [-0.4, -0.2) is 52.7 Å². The van der Waals surface area contributed by atoms with Crippen molar-refractivity contribution in [3.63, 3.8) is 0 Å². The lowest BCUT2D eigenvalue weighted by molar-refractivity contribution is -0.129. The van der Waals surface area contributed by atoms with Gasteiger partial charge in [0, 0.05) is 37.3 Å². The number of hydrogen-bond acceptors (Lipinski definition) is 5. The molecule has 2 aliphatic rings. The van der Waals surface area contributed by atoms with E-state index in [1.54, 1.807) is 36.9 Å². The van der Waals surface area contributed by atoms with Gasteiger partial charge in [0.15, 0.2) is 0 Å². The molecule has 0 radical (unpaired) electrons. The summed E-state index contributed by atoms with van der Waals surface area (Å²) in [6.45, 7) is 3.22. The first kappa shape index (κ1) is 16.2. The molecule has 2 aliphatic heterocycles. The molecule has 130 valence electrons. The lowest BCUT2D eigenvalue weighted by Gasteiger charge is -2.50. The summed E-state index contributed by atoms with van der Waals surface area (Å²) in [5, 5.41) is 0. The van der Waals surface area contributed by atoms with Crippen LogP contribution in [0.4, 0.5) is 0 Å². The predicted molar refractivity (Wildman–Crippen MR) is 90.8 cm³/mol. The molecule has 2 aromatic heterocycles. The van der Waals surface area contributed by atoms with Crippen molar-refractivity contribution in [2.75, 3.05) is 26.3 Å². The van der Waals surface area contributed by atoms with Gasteiger partial charge in [-0.15, -0.1) is 0 Å². The predicted octanol–water partition coefficient (Wildman–Crippen LogP) is 1.92. The van der Waals surface area contributed by atoms with E-state index >= 15 is 0 Å². The highest BCUT2D eigenvalue weighted by molar-refractivity contribution is 5.94. The van der Waals surface area contributed by atoms with Gasteiger partial charge in [-0.2, -0.15) is 0 Å². The van der Waals surface area contributed by atoms with Crippen LogP contribution in [0.5, 0.6) is 0 Å². The number of hydrogen-bond donors (Lipinski definition) is 0. The number of carbonyl (C=O) groups excluding carboxylic acids is 1. The molecular formula is C19H21N3O3. The van der Waals surface area contributed by atoms with Gasteiger partial charge in [0.25, 0.3) is 5.91 Å². The number of amides is 1. The normalized spacial score (nSPS) is 21.3. The molecule has 1 amide bonds. The van der Waals surface area contributed by atoms with Crippen LogP contribution in [0.15, 0.2) is 49.1 Å². The highest BCUT2D eigenvalue weighted by Crippen LogP contribution is 2.40. The zero-order valence-corrected chi connectivity index (χ0v) is 14.0. The van der Waals surface area contributed by atoms with E-state index in [-0.39, 0.29) is 11.5 Å². The number of likely N-dealkylation sites (tertiary alicyclic amines) is 1. The van der Waals surface area contributed by atoms with Crippen LogP contribution in [0.3, 0.4) is 0 Å². The molecule has 2 fully saturated rings. The molecule has 0 N–H and O–H groups in total. The van der Waals surface area contributed by atoms with Gasteiger partial charge in [0.2, 0.25) is 0 Å². The van der Waals surface area contributed by atoms with E-state index < -0.39 is 0 Å². The average Bonchev–Trinajstić information content (AvgIpc) is 3.05. The summed E-state index contributed by atoms with van der Waals surface area (Å²) >= 11 is 0. The SMILES string of the molecule is O=C(c1cccnc1)N1CC2(C1)OCC[C@H]2COCc1ccncc1. The minimum atomic E-state index is -0.240. The first-order valence-electron chi connectivity index (χ1n) is 8.57. The van der Waals surface area contributed by atoms with Gasteiger partial charge in [-0.1, -0.05) is 0 Å². The first-order valence-corrected chi connectivity index (χ1v) is 8.57. The summed E-state index contributed by atoms with van der Waals surface area (Å²) in [7, 11) is 0. The summed E-state index contributed by atoms with van der Waals surface area (Å²) < 4.78 is 11.9. The van der Waals surface area contributed by atoms with Crippen LogP contribution < -0.4 is 0 Å². The van der Waals surface area contributed by atoms with Crippen molar-refractivity contribution >= 4 is 5.91 Å². The Labute approximate surface area is 146 Å². The van der Waals surface area contributed by atoms with Crippen LogP contribution in [0, 0.1) is 5.92 Å². The van der Waals surface area contributed by atoms with Crippen molar-refractivity contribution in [1.82, 2.24) is 14.9 Å². The van der Waals surface area contributed by atoms with E-state index in [2.05, 4.69) is 9.97 Å². The second-order valence-corrected chi connectivity index (χ2v) is 6.67. The van der Waals surface area contributed by atoms with Gasteiger partial charge in [0.05, 0.1) is 31.9 Å². The maximum Gasteiger partial charge on any atom is 0.255 e. The van der Waals surface area contributed by atoms with E-state index in [4.69, 9.17) is 9.47 Å². The standard InChI is InChI=1S/C19H21N3O3/c23-18(16-2-1-6-21-10-16)22-13-19(14-22)17(5-9-25-19)12-24-11-15-3-7-20-8-4-15/h1-4,6-8,10,17H,5,9,11-14H2/t17-/m0/s1. The Bertz CT molecular complexity index is 717. The van der Waals surface area contributed by atoms with Crippen molar-refractivity contribution in [3.8, 4) is 0 Å². The molecule has 4 heterocycles. The maximum atomic E-state index is 12.5. The monoisotopic (exact) mass is 339 g/mol. The largest absolute Gasteiger partial charge is 0.376 e. The molecule has 0 bridgehead atoms. The fourth-order valence-electron chi connectivity index (χ4n) is 3.58. The van der Waals surface area contributed by atoms with E-state index in [1.807, 2.05) is 17.0 Å². The topological polar surface area (TPSA) is 64.6 Å². The van der Waals surface area contributed by atoms with Crippen molar-refractivity contribution in [2.24, 2.45) is 5.92 Å². The van der Waals surface area contributed by atoms with Gasteiger partial charge >= 0.3 is 0 Å². The quantitative estimate of drug-likeness (QED) is 0.833. The van der Waals surface area contributed by atoms with Gasteiger partial charge < -0.3 is 14.4 Å². The van der Waals surface area contributed by atoms with E-state index in [0.29, 0.717) is 37.8 Å². The third-order valence-electron chi connectivity index (χ3n) is 5.05. The average molecular weight is 339 g/mol. The Morgan fingerprint density at radius 2 is 2.08 bits per heavy atom. The third kappa shape index (κ3) is 3.27. The van der Waals surface area contributed by atoms with Gasteiger partial charge in [-0.3, -0.25) is 14.8 Å². The Hall–Kier alpha value is -2.31.